The van der Waals surface area contributed by atoms with E-state index in [4.69, 9.17) is 21.3 Å². The summed E-state index contributed by atoms with van der Waals surface area (Å²) in [6, 6.07) is -1.68. The van der Waals surface area contributed by atoms with E-state index in [1.165, 1.54) is 10.8 Å². The van der Waals surface area contributed by atoms with Crippen LogP contribution in [0.1, 0.15) is 24.2 Å². The van der Waals surface area contributed by atoms with Gasteiger partial charge < -0.3 is 45.7 Å². The van der Waals surface area contributed by atoms with Crippen LogP contribution in [0.2, 0.25) is 0 Å². The molecule has 0 saturated carbocycles. The van der Waals surface area contributed by atoms with Gasteiger partial charge in [-0.2, -0.15) is 0 Å². The number of amides is 1. The number of aliphatic carboxylic acids is 1. The summed E-state index contributed by atoms with van der Waals surface area (Å²) in [6.45, 7) is -0.485. The number of imidazole rings is 1. The van der Waals surface area contributed by atoms with Crippen molar-refractivity contribution in [1.29, 1.82) is 0 Å². The van der Waals surface area contributed by atoms with Crippen molar-refractivity contribution in [1.82, 2.24) is 9.55 Å². The van der Waals surface area contributed by atoms with Gasteiger partial charge in [-0.15, -0.1) is 0 Å². The molecule has 2 rings (SSSR count). The molecule has 1 aliphatic rings. The number of aryl methyl sites for hydroxylation is 1. The molecule has 1 saturated heterocycles. The second kappa shape index (κ2) is 9.37. The van der Waals surface area contributed by atoms with E-state index in [-0.39, 0.29) is 12.8 Å². The summed E-state index contributed by atoms with van der Waals surface area (Å²) in [5.41, 5.74) is 11.5. The number of likely N-dealkylation sites (N-methyl/N-ethyl adjacent to an activating group) is 1. The zero-order valence-electron chi connectivity index (χ0n) is 17.4. The molecule has 0 spiro atoms. The van der Waals surface area contributed by atoms with Gasteiger partial charge >= 0.3 is 5.97 Å². The summed E-state index contributed by atoms with van der Waals surface area (Å²) in [4.78, 5) is 27.4. The number of primary amides is 1. The second-order valence-corrected chi connectivity index (χ2v) is 8.51. The van der Waals surface area contributed by atoms with Crippen LogP contribution in [0, 0.1) is 0 Å². The van der Waals surface area contributed by atoms with E-state index in [2.05, 4.69) is 4.98 Å². The highest BCUT2D eigenvalue weighted by Crippen LogP contribution is 2.31. The summed E-state index contributed by atoms with van der Waals surface area (Å²) in [7, 11) is 5.52. The molecule has 1 aliphatic heterocycles. The van der Waals surface area contributed by atoms with Crippen LogP contribution in [-0.4, -0.2) is 104 Å². The third-order valence-corrected chi connectivity index (χ3v) is 5.30. The Balaban J connectivity index is 2.33. The standard InChI is InChI=1S/C18H31N5O7/c1-23(2,3)11(16(20)27)4-5-13-21-9(6-10(19)18(28)29)7-22(13)17-15(26)14(25)12(8-24)30-17/h7,10-12,14-15,17,24-26H,4-6,8,19H2,1-3H3,(H2-,20,27,28,29)/p+1. The first-order chi connectivity index (χ1) is 13.9. The van der Waals surface area contributed by atoms with Crippen molar-refractivity contribution in [2.75, 3.05) is 27.7 Å². The smallest absolute Gasteiger partial charge is 0.320 e. The van der Waals surface area contributed by atoms with E-state index in [1.54, 1.807) is 0 Å². The largest absolute Gasteiger partial charge is 0.480 e. The number of hydrogen-bond donors (Lipinski definition) is 6. The van der Waals surface area contributed by atoms with Crippen molar-refractivity contribution in [3.63, 3.8) is 0 Å². The Morgan fingerprint density at radius 1 is 1.30 bits per heavy atom. The molecule has 1 aromatic heterocycles. The number of nitrogens with zero attached hydrogens (tertiary/aromatic N) is 3. The topological polar surface area (TPSA) is 194 Å². The van der Waals surface area contributed by atoms with E-state index >= 15 is 0 Å². The number of aliphatic hydroxyl groups excluding tert-OH is 3. The van der Waals surface area contributed by atoms with Gasteiger partial charge in [0.15, 0.2) is 12.3 Å². The molecule has 1 amide bonds. The average molecular weight is 430 g/mol. The first-order valence-corrected chi connectivity index (χ1v) is 9.64. The Bertz CT molecular complexity index is 763. The summed E-state index contributed by atoms with van der Waals surface area (Å²) < 4.78 is 7.37. The van der Waals surface area contributed by atoms with E-state index in [0.29, 0.717) is 22.4 Å². The minimum absolute atomic E-state index is 0.0568. The maximum Gasteiger partial charge on any atom is 0.320 e. The molecular formula is C18H32N5O7+. The molecule has 170 valence electrons. The summed E-state index contributed by atoms with van der Waals surface area (Å²) >= 11 is 0. The first kappa shape index (κ1) is 24.2. The van der Waals surface area contributed by atoms with Crippen LogP contribution < -0.4 is 11.5 Å². The number of carboxylic acid groups (broad SMARTS) is 1. The number of quaternary nitrogens is 1. The summed E-state index contributed by atoms with van der Waals surface area (Å²) in [6.07, 6.45) is -2.58. The second-order valence-electron chi connectivity index (χ2n) is 8.51. The predicted octanol–water partition coefficient (Wildman–Crippen LogP) is -3.06. The Morgan fingerprint density at radius 3 is 2.40 bits per heavy atom. The maximum atomic E-state index is 11.9. The molecule has 0 bridgehead atoms. The predicted molar refractivity (Wildman–Crippen MR) is 104 cm³/mol. The molecule has 0 aromatic carbocycles. The number of aromatic nitrogens is 2. The number of carbonyl (C=O) groups excluding carboxylic acids is 1. The van der Waals surface area contributed by atoms with Crippen LogP contribution in [0.5, 0.6) is 0 Å². The van der Waals surface area contributed by atoms with Crippen molar-refractivity contribution in [3.8, 4) is 0 Å². The van der Waals surface area contributed by atoms with Crippen molar-refractivity contribution in [2.24, 2.45) is 11.5 Å². The molecule has 30 heavy (non-hydrogen) atoms. The van der Waals surface area contributed by atoms with Gasteiger partial charge in [0, 0.05) is 25.5 Å². The van der Waals surface area contributed by atoms with Crippen LogP contribution in [-0.2, 0) is 27.2 Å². The molecule has 2 heterocycles. The summed E-state index contributed by atoms with van der Waals surface area (Å²) in [5, 5.41) is 38.9. The fraction of sp³-hybridized carbons (Fsp3) is 0.722. The Kier molecular flexibility index (Phi) is 7.55. The lowest BCUT2D eigenvalue weighted by atomic mass is 10.1. The normalized spacial score (nSPS) is 26.5. The quantitative estimate of drug-likeness (QED) is 0.209. The molecule has 0 radical (unpaired) electrons. The number of nitrogens with two attached hydrogens (primary N) is 2. The number of carbonyl (C=O) groups is 2. The fourth-order valence-corrected chi connectivity index (χ4v) is 3.59. The molecule has 8 N–H and O–H groups in total. The molecule has 6 atom stereocenters. The zero-order chi connectivity index (χ0) is 22.8. The molecule has 6 unspecified atom stereocenters. The minimum atomic E-state index is -1.33. The monoisotopic (exact) mass is 430 g/mol. The number of rotatable bonds is 10. The Hall–Kier alpha value is -2.09. The minimum Gasteiger partial charge on any atom is -0.480 e. The van der Waals surface area contributed by atoms with E-state index < -0.39 is 55.1 Å². The molecule has 12 heteroatoms. The first-order valence-electron chi connectivity index (χ1n) is 9.64. The molecular weight excluding hydrogens is 398 g/mol. The van der Waals surface area contributed by atoms with Gasteiger partial charge in [0.05, 0.1) is 33.4 Å². The van der Waals surface area contributed by atoms with Gasteiger partial charge in [-0.3, -0.25) is 9.59 Å². The Labute approximate surface area is 174 Å². The summed E-state index contributed by atoms with van der Waals surface area (Å²) in [5.74, 6) is -1.24. The lowest BCUT2D eigenvalue weighted by Gasteiger charge is -2.32. The van der Waals surface area contributed by atoms with Crippen LogP contribution in [0.4, 0.5) is 0 Å². The number of hydrogen-bond acceptors (Lipinski definition) is 8. The van der Waals surface area contributed by atoms with Crippen molar-refractivity contribution in [3.05, 3.63) is 17.7 Å². The number of carboxylic acids is 1. The van der Waals surface area contributed by atoms with Gasteiger partial charge in [-0.1, -0.05) is 0 Å². The highest BCUT2D eigenvalue weighted by atomic mass is 16.6. The van der Waals surface area contributed by atoms with E-state index in [0.717, 1.165) is 0 Å². The van der Waals surface area contributed by atoms with Gasteiger partial charge in [0.25, 0.3) is 5.91 Å². The van der Waals surface area contributed by atoms with Gasteiger partial charge in [0.1, 0.15) is 30.2 Å². The van der Waals surface area contributed by atoms with Gasteiger partial charge in [-0.25, -0.2) is 4.98 Å². The average Bonchev–Trinajstić information content (AvgIpc) is 3.14. The third kappa shape index (κ3) is 5.33. The number of aliphatic hydroxyl groups is 3. The highest BCUT2D eigenvalue weighted by molar-refractivity contribution is 5.78. The van der Waals surface area contributed by atoms with Crippen LogP contribution in [0.25, 0.3) is 0 Å². The SMILES string of the molecule is C[N+](C)(C)C(CCc1nc(CC(N)C(=O)O)cn1C1OC(CO)C(O)C1O)C(N)=O. The lowest BCUT2D eigenvalue weighted by Crippen LogP contribution is -2.52. The van der Waals surface area contributed by atoms with Crippen LogP contribution in [0.15, 0.2) is 6.20 Å². The molecule has 1 fully saturated rings. The number of ether oxygens (including phenoxy) is 1. The third-order valence-electron chi connectivity index (χ3n) is 5.30. The van der Waals surface area contributed by atoms with Crippen molar-refractivity contribution < 1.29 is 39.2 Å². The fourth-order valence-electron chi connectivity index (χ4n) is 3.59. The zero-order valence-corrected chi connectivity index (χ0v) is 17.4. The highest BCUT2D eigenvalue weighted by Gasteiger charge is 2.44. The van der Waals surface area contributed by atoms with Crippen LogP contribution in [0.3, 0.4) is 0 Å². The van der Waals surface area contributed by atoms with E-state index in [9.17, 15) is 24.9 Å². The van der Waals surface area contributed by atoms with Crippen molar-refractivity contribution >= 4 is 11.9 Å². The van der Waals surface area contributed by atoms with Crippen LogP contribution >= 0.6 is 0 Å². The van der Waals surface area contributed by atoms with Gasteiger partial charge in [-0.05, 0) is 0 Å². The molecule has 12 nitrogen and oxygen atoms in total. The Morgan fingerprint density at radius 2 is 1.93 bits per heavy atom. The van der Waals surface area contributed by atoms with Gasteiger partial charge in [0.2, 0.25) is 0 Å². The lowest BCUT2D eigenvalue weighted by molar-refractivity contribution is -0.886. The molecule has 1 aromatic rings. The van der Waals surface area contributed by atoms with E-state index in [1.807, 2.05) is 21.1 Å². The maximum absolute atomic E-state index is 11.9. The van der Waals surface area contributed by atoms with Crippen molar-refractivity contribution in [2.45, 2.75) is 55.9 Å². The molecule has 0 aliphatic carbocycles.